The summed E-state index contributed by atoms with van der Waals surface area (Å²) in [6, 6.07) is 2.65. The van der Waals surface area contributed by atoms with Gasteiger partial charge in [-0.15, -0.1) is 0 Å². The third kappa shape index (κ3) is 2.26. The van der Waals surface area contributed by atoms with Crippen LogP contribution in [0, 0.1) is 0 Å². The van der Waals surface area contributed by atoms with Crippen LogP contribution in [0.25, 0.3) is 0 Å². The van der Waals surface area contributed by atoms with Crippen LogP contribution in [-0.4, -0.2) is 18.1 Å². The predicted octanol–water partition coefficient (Wildman–Crippen LogP) is 1.02. The molecule has 0 saturated heterocycles. The van der Waals surface area contributed by atoms with Crippen LogP contribution < -0.4 is 5.73 Å². The van der Waals surface area contributed by atoms with Gasteiger partial charge in [0.05, 0.1) is 7.11 Å². The Balaban J connectivity index is 2.95. The lowest BCUT2D eigenvalue weighted by molar-refractivity contribution is -0.142. The van der Waals surface area contributed by atoms with Gasteiger partial charge in [0.2, 0.25) is 0 Å². The van der Waals surface area contributed by atoms with Crippen LogP contribution in [-0.2, 0) is 9.53 Å². The number of aromatic nitrogens is 1. The minimum absolute atomic E-state index is 0.478. The third-order valence-electron chi connectivity index (χ3n) is 1.58. The number of hydrogen-bond donors (Lipinski definition) is 1. The number of halogens is 1. The Kier molecular flexibility index (Phi) is 3.39. The van der Waals surface area contributed by atoms with Gasteiger partial charge in [-0.2, -0.15) is 0 Å². The number of pyridine rings is 1. The summed E-state index contributed by atoms with van der Waals surface area (Å²) in [5, 5.41) is 0. The van der Waals surface area contributed by atoms with Crippen molar-refractivity contribution in [2.24, 2.45) is 5.73 Å². The monoisotopic (exact) mass is 244 g/mol. The van der Waals surface area contributed by atoms with Crippen molar-refractivity contribution >= 4 is 21.9 Å². The van der Waals surface area contributed by atoms with Gasteiger partial charge in [0.15, 0.2) is 0 Å². The molecule has 0 aliphatic heterocycles. The van der Waals surface area contributed by atoms with Gasteiger partial charge >= 0.3 is 5.97 Å². The SMILES string of the molecule is COC(=O)[C@@H](N)c1cccnc1Br. The van der Waals surface area contributed by atoms with E-state index in [0.717, 1.165) is 0 Å². The molecule has 0 aliphatic carbocycles. The summed E-state index contributed by atoms with van der Waals surface area (Å²) < 4.78 is 5.07. The minimum atomic E-state index is -0.784. The number of hydrogen-bond acceptors (Lipinski definition) is 4. The van der Waals surface area contributed by atoms with Crippen molar-refractivity contribution in [3.63, 3.8) is 0 Å². The van der Waals surface area contributed by atoms with Crippen molar-refractivity contribution in [3.05, 3.63) is 28.5 Å². The molecule has 0 saturated carbocycles. The zero-order valence-corrected chi connectivity index (χ0v) is 8.61. The lowest BCUT2D eigenvalue weighted by atomic mass is 10.1. The van der Waals surface area contributed by atoms with E-state index in [2.05, 4.69) is 25.7 Å². The molecule has 0 radical (unpaired) electrons. The average molecular weight is 245 g/mol. The fourth-order valence-electron chi connectivity index (χ4n) is 0.884. The zero-order valence-electron chi connectivity index (χ0n) is 7.03. The van der Waals surface area contributed by atoms with Crippen LogP contribution in [0.1, 0.15) is 11.6 Å². The highest BCUT2D eigenvalue weighted by molar-refractivity contribution is 9.10. The van der Waals surface area contributed by atoms with Gasteiger partial charge in [-0.3, -0.25) is 4.79 Å². The van der Waals surface area contributed by atoms with Gasteiger partial charge in [-0.25, -0.2) is 4.98 Å². The van der Waals surface area contributed by atoms with Gasteiger partial charge in [0.25, 0.3) is 0 Å². The molecule has 0 bridgehead atoms. The highest BCUT2D eigenvalue weighted by atomic mass is 79.9. The first-order valence-electron chi connectivity index (χ1n) is 3.60. The molecule has 1 heterocycles. The van der Waals surface area contributed by atoms with Crippen molar-refractivity contribution in [3.8, 4) is 0 Å². The van der Waals surface area contributed by atoms with E-state index in [9.17, 15) is 4.79 Å². The van der Waals surface area contributed by atoms with Crippen LogP contribution >= 0.6 is 15.9 Å². The highest BCUT2D eigenvalue weighted by Crippen LogP contribution is 2.19. The van der Waals surface area contributed by atoms with E-state index >= 15 is 0 Å². The second kappa shape index (κ2) is 4.34. The van der Waals surface area contributed by atoms with E-state index < -0.39 is 12.0 Å². The van der Waals surface area contributed by atoms with Crippen molar-refractivity contribution in [2.75, 3.05) is 7.11 Å². The predicted molar refractivity (Wildman–Crippen MR) is 50.9 cm³/mol. The first kappa shape index (κ1) is 10.1. The highest BCUT2D eigenvalue weighted by Gasteiger charge is 2.18. The van der Waals surface area contributed by atoms with Gasteiger partial charge < -0.3 is 10.5 Å². The zero-order chi connectivity index (χ0) is 9.84. The lowest BCUT2D eigenvalue weighted by Gasteiger charge is -2.09. The van der Waals surface area contributed by atoms with Crippen molar-refractivity contribution < 1.29 is 9.53 Å². The summed E-state index contributed by atoms with van der Waals surface area (Å²) in [6.07, 6.45) is 1.61. The van der Waals surface area contributed by atoms with Crippen LogP contribution in [0.3, 0.4) is 0 Å². The Labute approximate surface area is 84.2 Å². The molecular formula is C8H9BrN2O2. The lowest BCUT2D eigenvalue weighted by Crippen LogP contribution is -2.23. The fourth-order valence-corrected chi connectivity index (χ4v) is 1.38. The van der Waals surface area contributed by atoms with Gasteiger partial charge in [-0.1, -0.05) is 6.07 Å². The largest absolute Gasteiger partial charge is 0.468 e. The maximum Gasteiger partial charge on any atom is 0.327 e. The first-order valence-corrected chi connectivity index (χ1v) is 4.40. The second-order valence-electron chi connectivity index (χ2n) is 2.38. The number of methoxy groups -OCH3 is 1. The number of esters is 1. The Morgan fingerprint density at radius 3 is 3.00 bits per heavy atom. The Morgan fingerprint density at radius 1 is 1.77 bits per heavy atom. The van der Waals surface area contributed by atoms with E-state index in [1.807, 2.05) is 0 Å². The second-order valence-corrected chi connectivity index (χ2v) is 3.14. The Bertz CT molecular complexity index is 317. The quantitative estimate of drug-likeness (QED) is 0.624. The molecule has 0 unspecified atom stereocenters. The topological polar surface area (TPSA) is 65.2 Å². The maximum absolute atomic E-state index is 11.1. The van der Waals surface area contributed by atoms with Crippen LogP contribution in [0.2, 0.25) is 0 Å². The molecule has 0 aliphatic rings. The fraction of sp³-hybridized carbons (Fsp3) is 0.250. The number of nitrogens with two attached hydrogens (primary N) is 1. The van der Waals surface area contributed by atoms with Crippen LogP contribution in [0.5, 0.6) is 0 Å². The molecule has 0 spiro atoms. The van der Waals surface area contributed by atoms with Gasteiger partial charge in [0, 0.05) is 11.8 Å². The molecule has 1 aromatic rings. The Morgan fingerprint density at radius 2 is 2.46 bits per heavy atom. The van der Waals surface area contributed by atoms with E-state index in [1.54, 1.807) is 18.3 Å². The summed E-state index contributed by atoms with van der Waals surface area (Å²) in [5.41, 5.74) is 6.23. The summed E-state index contributed by atoms with van der Waals surface area (Å²) in [4.78, 5) is 15.0. The number of rotatable bonds is 2. The summed E-state index contributed by atoms with van der Waals surface area (Å²) in [7, 11) is 1.30. The number of carbonyl (C=O) groups excluding carboxylic acids is 1. The normalized spacial score (nSPS) is 12.2. The summed E-state index contributed by atoms with van der Waals surface area (Å²) in [5.74, 6) is -0.478. The van der Waals surface area contributed by atoms with Crippen LogP contribution in [0.15, 0.2) is 22.9 Å². The van der Waals surface area contributed by atoms with E-state index in [1.165, 1.54) is 7.11 Å². The minimum Gasteiger partial charge on any atom is -0.468 e. The van der Waals surface area contributed by atoms with E-state index in [4.69, 9.17) is 5.73 Å². The molecule has 0 amide bonds. The first-order chi connectivity index (χ1) is 6.16. The average Bonchev–Trinajstić information content (AvgIpc) is 2.16. The van der Waals surface area contributed by atoms with Gasteiger partial charge in [0.1, 0.15) is 10.6 Å². The standard InChI is InChI=1S/C8H9BrN2O2/c1-13-8(12)6(10)5-3-2-4-11-7(5)9/h2-4,6H,10H2,1H3/t6-/m0/s1. The smallest absolute Gasteiger partial charge is 0.327 e. The molecule has 2 N–H and O–H groups in total. The van der Waals surface area contributed by atoms with Gasteiger partial charge in [-0.05, 0) is 22.0 Å². The van der Waals surface area contributed by atoms with E-state index in [-0.39, 0.29) is 0 Å². The molecule has 5 heteroatoms. The molecule has 0 fully saturated rings. The number of nitrogens with zero attached hydrogens (tertiary/aromatic N) is 1. The molecule has 1 rings (SSSR count). The molecule has 13 heavy (non-hydrogen) atoms. The molecule has 0 aromatic carbocycles. The molecule has 1 atom stereocenters. The summed E-state index contributed by atoms with van der Waals surface area (Å²) in [6.45, 7) is 0. The maximum atomic E-state index is 11.1. The molecular weight excluding hydrogens is 236 g/mol. The van der Waals surface area contributed by atoms with Crippen molar-refractivity contribution in [1.82, 2.24) is 4.98 Å². The number of carbonyl (C=O) groups is 1. The van der Waals surface area contributed by atoms with E-state index in [0.29, 0.717) is 10.2 Å². The van der Waals surface area contributed by atoms with Crippen LogP contribution in [0.4, 0.5) is 0 Å². The molecule has 4 nitrogen and oxygen atoms in total. The third-order valence-corrected chi connectivity index (χ3v) is 2.24. The number of ether oxygens (including phenoxy) is 1. The summed E-state index contributed by atoms with van der Waals surface area (Å²) >= 11 is 3.20. The van der Waals surface area contributed by atoms with Crippen molar-refractivity contribution in [2.45, 2.75) is 6.04 Å². The molecule has 70 valence electrons. The molecule has 1 aromatic heterocycles. The van der Waals surface area contributed by atoms with Crippen molar-refractivity contribution in [1.29, 1.82) is 0 Å². The Hall–Kier alpha value is -0.940.